The molecule has 7 nitrogen and oxygen atoms in total. The number of carbonyl (C=O) groups is 2. The van der Waals surface area contributed by atoms with Crippen molar-refractivity contribution >= 4 is 85.5 Å². The van der Waals surface area contributed by atoms with Crippen LogP contribution in [0.5, 0.6) is 0 Å². The highest BCUT2D eigenvalue weighted by Crippen LogP contribution is 2.52. The maximum Gasteiger partial charge on any atom is 0.323 e. The Morgan fingerprint density at radius 3 is 2.14 bits per heavy atom. The molecule has 3 aliphatic rings. The molecule has 1 amide bonds. The van der Waals surface area contributed by atoms with Gasteiger partial charge >= 0.3 is 5.97 Å². The van der Waals surface area contributed by atoms with Crippen LogP contribution in [0.25, 0.3) is 22.6 Å². The van der Waals surface area contributed by atoms with E-state index in [2.05, 4.69) is 131 Å². The van der Waals surface area contributed by atoms with Crippen LogP contribution in [0, 0.1) is 10.8 Å². The summed E-state index contributed by atoms with van der Waals surface area (Å²) in [4.78, 5) is 44.3. The Balaban J connectivity index is 1.12. The van der Waals surface area contributed by atoms with Crippen molar-refractivity contribution in [2.75, 3.05) is 11.4 Å². The van der Waals surface area contributed by atoms with Crippen molar-refractivity contribution in [1.29, 1.82) is 0 Å². The molecule has 2 aliphatic heterocycles. The van der Waals surface area contributed by atoms with E-state index in [1.807, 2.05) is 24.3 Å². The summed E-state index contributed by atoms with van der Waals surface area (Å²) < 4.78 is 2.35. The highest BCUT2D eigenvalue weighted by atomic mass is 32.2. The summed E-state index contributed by atoms with van der Waals surface area (Å²) in [6.45, 7) is 10.7. The highest BCUT2D eigenvalue weighted by Gasteiger charge is 2.42. The summed E-state index contributed by atoms with van der Waals surface area (Å²) >= 11 is 8.01. The Morgan fingerprint density at radius 2 is 1.51 bits per heavy atom. The van der Waals surface area contributed by atoms with E-state index < -0.39 is 18.1 Å². The minimum absolute atomic E-state index is 0.0580. The number of fused-ring (bicyclic) bond motifs is 3. The number of nitrogens with zero attached hydrogens (tertiary/aromatic N) is 3. The average molecular weight is 840 g/mol. The number of anilines is 2. The van der Waals surface area contributed by atoms with Gasteiger partial charge in [0.2, 0.25) is 0 Å². The van der Waals surface area contributed by atoms with Gasteiger partial charge in [-0.25, -0.2) is 0 Å². The maximum atomic E-state index is 13.9. The Kier molecular flexibility index (Phi) is 11.2. The predicted octanol–water partition coefficient (Wildman–Crippen LogP) is 9.63. The fraction of sp³-hybridized carbons (Fsp3) is 0.306. The minimum atomic E-state index is -1.15. The molecular formula is C49H49N3O4S3. The lowest BCUT2D eigenvalue weighted by Gasteiger charge is -2.35. The standard InChI is InChI=1S/C49H49N3O4S3/c1-48(2,3)29-49(4,5)30-51-45(56)43(59-47(51)57)46-50(28-42(53)54)44(55)41(58-46)27-32-21-24-40-38(26-32)36-17-12-18-39(36)52(40)35-22-19-31(20-23-35)25-37(33-13-8-6-9-14-33)34-15-10-7-11-16-34/h6-11,13-16,19-27,36,39H,12,17-18,28-30H2,1-5H3,(H,53,54)/b41-27-,46-43+. The number of carboxylic acids is 1. The van der Waals surface area contributed by atoms with Crippen LogP contribution >= 0.6 is 35.3 Å². The molecule has 0 radical (unpaired) electrons. The first-order valence-corrected chi connectivity index (χ1v) is 22.3. The summed E-state index contributed by atoms with van der Waals surface area (Å²) in [5.74, 6) is -1.07. The normalized spacial score (nSPS) is 19.0. The number of thioether (sulfide) groups is 1. The quantitative estimate of drug-likeness (QED) is 0.111. The zero-order valence-electron chi connectivity index (χ0n) is 34.1. The van der Waals surface area contributed by atoms with Crippen molar-refractivity contribution in [3.63, 3.8) is 0 Å². The summed E-state index contributed by atoms with van der Waals surface area (Å²) in [5, 5.41) is 9.84. The Morgan fingerprint density at radius 1 is 0.864 bits per heavy atom. The fourth-order valence-corrected chi connectivity index (χ4v) is 12.0. The van der Waals surface area contributed by atoms with E-state index in [0.29, 0.717) is 36.9 Å². The predicted molar refractivity (Wildman–Crippen MR) is 247 cm³/mol. The average Bonchev–Trinajstić information content (AvgIpc) is 3.93. The van der Waals surface area contributed by atoms with Crippen molar-refractivity contribution in [2.45, 2.75) is 78.8 Å². The minimum Gasteiger partial charge on any atom is -0.480 e. The maximum absolute atomic E-state index is 13.9. The van der Waals surface area contributed by atoms with Crippen LogP contribution in [0.1, 0.15) is 94.0 Å². The van der Waals surface area contributed by atoms with Gasteiger partial charge in [0.1, 0.15) is 20.4 Å². The molecule has 1 saturated heterocycles. The first kappa shape index (κ1) is 40.7. The van der Waals surface area contributed by atoms with E-state index in [1.165, 1.54) is 32.5 Å². The first-order valence-electron chi connectivity index (χ1n) is 20.2. The number of carbonyl (C=O) groups excluding carboxylic acids is 1. The molecule has 302 valence electrons. The third kappa shape index (κ3) is 8.54. The molecular weight excluding hydrogens is 791 g/mol. The van der Waals surface area contributed by atoms with E-state index in [1.54, 1.807) is 4.90 Å². The number of thiazole rings is 1. The molecule has 2 fully saturated rings. The van der Waals surface area contributed by atoms with Crippen LogP contribution in [0.2, 0.25) is 0 Å². The van der Waals surface area contributed by atoms with Crippen molar-refractivity contribution in [3.8, 4) is 0 Å². The molecule has 1 N–H and O–H groups in total. The summed E-state index contributed by atoms with van der Waals surface area (Å²) in [7, 11) is 0. The van der Waals surface area contributed by atoms with Gasteiger partial charge in [-0.05, 0) is 99.9 Å². The molecule has 1 saturated carbocycles. The molecule has 1 aliphatic carbocycles. The van der Waals surface area contributed by atoms with Crippen molar-refractivity contribution in [1.82, 2.24) is 9.47 Å². The van der Waals surface area contributed by atoms with Crippen LogP contribution in [0.3, 0.4) is 0 Å². The van der Waals surface area contributed by atoms with Crippen molar-refractivity contribution in [2.24, 2.45) is 10.8 Å². The van der Waals surface area contributed by atoms with Crippen LogP contribution < -0.4 is 19.7 Å². The Labute approximate surface area is 359 Å². The summed E-state index contributed by atoms with van der Waals surface area (Å²) in [6, 6.07) is 36.6. The number of hydrogen-bond acceptors (Lipinski definition) is 7. The number of aromatic nitrogens is 1. The van der Waals surface area contributed by atoms with Gasteiger partial charge in [-0.15, -0.1) is 11.3 Å². The van der Waals surface area contributed by atoms with Crippen molar-refractivity contribution < 1.29 is 14.7 Å². The smallest absolute Gasteiger partial charge is 0.323 e. The molecule has 2 atom stereocenters. The molecule has 0 spiro atoms. The van der Waals surface area contributed by atoms with Crippen LogP contribution in [-0.4, -0.2) is 43.4 Å². The Hall–Kier alpha value is -5.03. The molecule has 2 unspecified atom stereocenters. The van der Waals surface area contributed by atoms with Gasteiger partial charge in [-0.3, -0.25) is 23.9 Å². The summed E-state index contributed by atoms with van der Waals surface area (Å²) in [6.07, 6.45) is 8.30. The van der Waals surface area contributed by atoms with Crippen LogP contribution in [-0.2, 0) is 16.1 Å². The zero-order valence-corrected chi connectivity index (χ0v) is 36.6. The van der Waals surface area contributed by atoms with E-state index >= 15 is 0 Å². The van der Waals surface area contributed by atoms with Gasteiger partial charge in [-0.2, -0.15) is 0 Å². The first-order chi connectivity index (χ1) is 28.2. The van der Waals surface area contributed by atoms with Gasteiger partial charge in [0.05, 0.1) is 4.53 Å². The lowest BCUT2D eigenvalue weighted by molar-refractivity contribution is -0.137. The SMILES string of the molecule is CC(C)(C)CC(C)(C)CN1C(=O)/C(=c2\s/c(=C\c3ccc4c(c3)C3CCCC3N4c3ccc(C=C(c4ccccc4)c4ccccc4)cc3)c(=O)n2CC(=O)O)SC1=S. The second kappa shape index (κ2) is 16.2. The number of hydrogen-bond donors (Lipinski definition) is 1. The zero-order chi connectivity index (χ0) is 41.6. The number of aliphatic carboxylic acids is 1. The molecule has 0 bridgehead atoms. The van der Waals surface area contributed by atoms with E-state index in [-0.39, 0.29) is 16.7 Å². The molecule has 3 heterocycles. The van der Waals surface area contributed by atoms with E-state index in [9.17, 15) is 19.5 Å². The molecule has 4 aromatic carbocycles. The van der Waals surface area contributed by atoms with Gasteiger partial charge in [0.25, 0.3) is 11.5 Å². The largest absolute Gasteiger partial charge is 0.480 e. The number of amides is 1. The third-order valence-corrected chi connectivity index (χ3v) is 14.0. The molecule has 8 rings (SSSR count). The lowest BCUT2D eigenvalue weighted by atomic mass is 9.76. The molecule has 59 heavy (non-hydrogen) atoms. The number of carboxylic acid groups (broad SMARTS) is 1. The monoisotopic (exact) mass is 839 g/mol. The topological polar surface area (TPSA) is 82.9 Å². The van der Waals surface area contributed by atoms with E-state index in [0.717, 1.165) is 65.6 Å². The Bertz CT molecular complexity index is 2620. The number of thiocarbonyl (C=S) groups is 1. The van der Waals surface area contributed by atoms with Gasteiger partial charge in [0, 0.05) is 29.9 Å². The van der Waals surface area contributed by atoms with E-state index in [4.69, 9.17) is 12.2 Å². The molecule has 1 aromatic heterocycles. The lowest BCUT2D eigenvalue weighted by Crippen LogP contribution is -2.40. The van der Waals surface area contributed by atoms with Gasteiger partial charge in [0.15, 0.2) is 0 Å². The number of benzene rings is 4. The molecule has 10 heteroatoms. The fourth-order valence-electron chi connectivity index (χ4n) is 9.47. The second-order valence-electron chi connectivity index (χ2n) is 17.9. The summed E-state index contributed by atoms with van der Waals surface area (Å²) in [5.41, 5.74) is 8.52. The van der Waals surface area contributed by atoms with Crippen LogP contribution in [0.15, 0.2) is 108 Å². The van der Waals surface area contributed by atoms with Gasteiger partial charge in [-0.1, -0.05) is 144 Å². The van der Waals surface area contributed by atoms with Crippen molar-refractivity contribution in [3.05, 3.63) is 150 Å². The number of rotatable bonds is 10. The van der Waals surface area contributed by atoms with Crippen LogP contribution in [0.4, 0.5) is 11.4 Å². The van der Waals surface area contributed by atoms with Gasteiger partial charge < -0.3 is 10.0 Å². The third-order valence-electron chi connectivity index (χ3n) is 11.3. The molecule has 5 aromatic rings. The second-order valence-corrected chi connectivity index (χ2v) is 20.5. The highest BCUT2D eigenvalue weighted by molar-refractivity contribution is 8.30.